The molecule has 0 bridgehead atoms. The maximum absolute atomic E-state index is 13.3. The molecule has 1 heterocycles. The molecule has 137 heavy (non-hydrogen) atoms. The Labute approximate surface area is 830 Å². The number of esters is 6. The highest BCUT2D eigenvalue weighted by Gasteiger charge is 2.59. The standard InChI is InChI=1S/C63H107NO11.C50H87NO11/c1-10-14-16-18-20-22-41-69-60(70-42-23-21-19-17-15-11-2)35-34-58(66)73-46-50(47-74-61(68)71-43-25-40-64(12-3)13-4)45-72-57(65)32-33-59(67)75-52-36-38-62(8)51(44-52)28-29-53-55-31-30-54(49(7)27-24-26-48(5)6)63(55,9)39-37-56(53)62;1-5-9-12-14-16-21-35-56-49(57-36-22-17-15-13-10-6-2)33-32-47(53)59-40-44(41-61-50(55)60-38-43-25-23-34-51(8-4)37-43)39-58-46(52)26-19-20-27-48(54)62-45-30-28-42(29-31-45)24-18-11-7-3/h14-17,28,48-50,52-56,60H,10-13,18-27,29-47H2,1-9H3;9-10,12-13,42-45,49H,5-8,11,14-41H2,1-4H3/b16-14-,17-15-;12-9-,13-10-/t49-,50?,52+,53+,54-,55+,56+,62+,63-;/m1./s1. The predicted octanol–water partition coefficient (Wildman–Crippen LogP) is 25.9. The van der Waals surface area contributed by atoms with E-state index in [1.165, 1.54) is 76.2 Å². The average Bonchev–Trinajstić information content (AvgIpc) is 1.65. The van der Waals surface area contributed by atoms with Crippen LogP contribution in [0.1, 0.15) is 398 Å². The number of carbonyl (C=O) groups is 8. The van der Waals surface area contributed by atoms with Crippen LogP contribution in [0.4, 0.5) is 9.59 Å². The molecule has 0 amide bonds. The lowest BCUT2D eigenvalue weighted by Gasteiger charge is -2.58. The Hall–Kier alpha value is -6.18. The van der Waals surface area contributed by atoms with Crippen LogP contribution in [-0.2, 0) is 95.1 Å². The minimum absolute atomic E-state index is 0.00286. The summed E-state index contributed by atoms with van der Waals surface area (Å²) in [5.74, 6) is 1.85. The van der Waals surface area contributed by atoms with Crippen molar-refractivity contribution in [2.75, 3.05) is 119 Å². The molecule has 1 aliphatic heterocycles. The van der Waals surface area contributed by atoms with E-state index in [0.29, 0.717) is 69.9 Å². The molecule has 24 nitrogen and oxygen atoms in total. The fourth-order valence-electron chi connectivity index (χ4n) is 21.2. The van der Waals surface area contributed by atoms with Crippen LogP contribution in [0.5, 0.6) is 0 Å². The molecule has 5 aliphatic carbocycles. The highest BCUT2D eigenvalue weighted by Crippen LogP contribution is 2.67. The van der Waals surface area contributed by atoms with Crippen molar-refractivity contribution in [3.63, 3.8) is 0 Å². The predicted molar refractivity (Wildman–Crippen MR) is 542 cm³/mol. The summed E-state index contributed by atoms with van der Waals surface area (Å²) < 4.78 is 80.2. The van der Waals surface area contributed by atoms with Gasteiger partial charge in [0.1, 0.15) is 51.8 Å². The monoisotopic (exact) mass is 1930 g/mol. The quantitative estimate of drug-likeness (QED) is 0.0180. The van der Waals surface area contributed by atoms with Crippen LogP contribution in [0.25, 0.3) is 0 Å². The van der Waals surface area contributed by atoms with Gasteiger partial charge in [-0.2, -0.15) is 0 Å². The second-order valence-electron chi connectivity index (χ2n) is 40.9. The van der Waals surface area contributed by atoms with E-state index >= 15 is 0 Å². The zero-order valence-electron chi connectivity index (χ0n) is 88.3. The molecule has 1 saturated heterocycles. The number of fused-ring (bicyclic) bond motifs is 5. The number of ether oxygens (including phenoxy) is 14. The van der Waals surface area contributed by atoms with E-state index in [0.717, 1.165) is 242 Å². The molecule has 788 valence electrons. The number of likely N-dealkylation sites (tertiary alicyclic amines) is 1. The number of allylic oxidation sites excluding steroid dienone is 9. The van der Waals surface area contributed by atoms with Gasteiger partial charge in [0.15, 0.2) is 12.6 Å². The second-order valence-corrected chi connectivity index (χ2v) is 40.9. The topological polar surface area (TPSA) is 272 Å². The lowest BCUT2D eigenvalue weighted by Crippen LogP contribution is -2.51. The van der Waals surface area contributed by atoms with Crippen molar-refractivity contribution in [3.05, 3.63) is 60.3 Å². The molecule has 11 atom stereocenters. The van der Waals surface area contributed by atoms with E-state index in [9.17, 15) is 38.4 Å². The molecule has 4 saturated carbocycles. The molecule has 0 radical (unpaired) electrons. The van der Waals surface area contributed by atoms with Gasteiger partial charge in [-0.3, -0.25) is 28.8 Å². The Bertz CT molecular complexity index is 3340. The maximum Gasteiger partial charge on any atom is 0.508 e. The van der Waals surface area contributed by atoms with Gasteiger partial charge in [-0.05, 0) is 284 Å². The molecule has 5 fully saturated rings. The average molecular weight is 1930 g/mol. The third kappa shape index (κ3) is 52.6. The summed E-state index contributed by atoms with van der Waals surface area (Å²) in [4.78, 5) is 108. The maximum atomic E-state index is 13.3. The smallest absolute Gasteiger partial charge is 0.465 e. The van der Waals surface area contributed by atoms with E-state index in [-0.39, 0.29) is 121 Å². The molecule has 6 aliphatic rings. The summed E-state index contributed by atoms with van der Waals surface area (Å²) in [7, 11) is 0. The van der Waals surface area contributed by atoms with Gasteiger partial charge < -0.3 is 76.1 Å². The van der Waals surface area contributed by atoms with Crippen LogP contribution in [-0.4, -0.2) is 201 Å². The van der Waals surface area contributed by atoms with E-state index in [1.807, 2.05) is 0 Å². The number of hydrogen-bond acceptors (Lipinski definition) is 24. The Morgan fingerprint density at radius 3 is 1.43 bits per heavy atom. The van der Waals surface area contributed by atoms with Gasteiger partial charge in [0.25, 0.3) is 0 Å². The van der Waals surface area contributed by atoms with Crippen molar-refractivity contribution in [1.82, 2.24) is 9.80 Å². The van der Waals surface area contributed by atoms with Gasteiger partial charge in [-0.1, -0.05) is 195 Å². The largest absolute Gasteiger partial charge is 0.508 e. The Kier molecular flexibility index (Phi) is 66.1. The van der Waals surface area contributed by atoms with Crippen LogP contribution < -0.4 is 0 Å². The molecule has 0 aromatic rings. The van der Waals surface area contributed by atoms with Crippen LogP contribution in [0, 0.1) is 70.0 Å². The number of hydrogen-bond donors (Lipinski definition) is 0. The molecule has 24 heteroatoms. The second kappa shape index (κ2) is 74.7. The van der Waals surface area contributed by atoms with Gasteiger partial charge in [0.2, 0.25) is 0 Å². The molecule has 0 aromatic heterocycles. The molecule has 0 N–H and O–H groups in total. The van der Waals surface area contributed by atoms with Gasteiger partial charge in [-0.25, -0.2) is 9.59 Å². The minimum atomic E-state index is -0.840. The van der Waals surface area contributed by atoms with E-state index < -0.39 is 66.6 Å². The van der Waals surface area contributed by atoms with Crippen molar-refractivity contribution in [2.45, 2.75) is 423 Å². The zero-order chi connectivity index (χ0) is 99.4. The SMILES string of the molecule is CC/C=C\CCCCOC(CCC(=O)OCC(COC(=O)CCC(=O)O[C@H]1CC[C@@]2(C)C(=CC[C@H]3[C@@H]4CC[C@H]([C@H](C)CCCC(C)C)[C@@]4(C)CC[C@@H]32)C1)COC(=O)OCCCN(CC)CC)OCCCC/C=C\CC.CC/C=C\CCCCOC(CCC(=O)OCC(COC(=O)CCCCC(=O)OC1CCC(CCCCC)CC1)COC(=O)OCC1CCCN(CC)C1)OCCCC/C=C\CC. The fraction of sp³-hybridized carbons (Fsp3) is 0.841. The first-order valence-electron chi connectivity index (χ1n) is 55.2. The molecule has 6 rings (SSSR count). The first-order valence-corrected chi connectivity index (χ1v) is 55.2. The number of unbranched alkanes of at least 4 members (excludes halogenated alkanes) is 11. The summed E-state index contributed by atoms with van der Waals surface area (Å²) in [5.41, 5.74) is 2.06. The number of piperidine rings is 1. The normalized spacial score (nSPS) is 22.4. The summed E-state index contributed by atoms with van der Waals surface area (Å²) in [6.45, 7) is 36.7. The third-order valence-electron chi connectivity index (χ3n) is 29.5. The van der Waals surface area contributed by atoms with Crippen LogP contribution >= 0.6 is 0 Å². The molecule has 0 aromatic carbocycles. The van der Waals surface area contributed by atoms with E-state index in [2.05, 4.69) is 154 Å². The van der Waals surface area contributed by atoms with Crippen molar-refractivity contribution in [2.24, 2.45) is 70.0 Å². The fourth-order valence-corrected chi connectivity index (χ4v) is 21.2. The summed E-state index contributed by atoms with van der Waals surface area (Å²) in [5, 5.41) is 0. The molecular weight excluding hydrogens is 1740 g/mol. The lowest BCUT2D eigenvalue weighted by molar-refractivity contribution is -0.161. The summed E-state index contributed by atoms with van der Waals surface area (Å²) in [6.07, 6.45) is 59.9. The Morgan fingerprint density at radius 1 is 0.431 bits per heavy atom. The van der Waals surface area contributed by atoms with Crippen molar-refractivity contribution < 1.29 is 105 Å². The molecule has 0 spiro atoms. The Morgan fingerprint density at radius 2 is 0.920 bits per heavy atom. The van der Waals surface area contributed by atoms with Crippen LogP contribution in [0.15, 0.2) is 60.3 Å². The van der Waals surface area contributed by atoms with Crippen molar-refractivity contribution >= 4 is 48.1 Å². The summed E-state index contributed by atoms with van der Waals surface area (Å²) >= 11 is 0. The van der Waals surface area contributed by atoms with Gasteiger partial charge in [0.05, 0.1) is 50.7 Å². The van der Waals surface area contributed by atoms with Crippen LogP contribution in [0.3, 0.4) is 0 Å². The van der Waals surface area contributed by atoms with Crippen molar-refractivity contribution in [1.29, 1.82) is 0 Å². The number of rotatable bonds is 74. The zero-order valence-corrected chi connectivity index (χ0v) is 88.3. The number of carbonyl (C=O) groups excluding carboxylic acids is 8. The van der Waals surface area contributed by atoms with Gasteiger partial charge in [0, 0.05) is 77.5 Å². The molecular formula is C113H194N2O22. The van der Waals surface area contributed by atoms with E-state index in [4.69, 9.17) is 66.3 Å². The minimum Gasteiger partial charge on any atom is -0.465 e. The molecule has 3 unspecified atom stereocenters. The lowest BCUT2D eigenvalue weighted by atomic mass is 9.47. The highest BCUT2D eigenvalue weighted by molar-refractivity contribution is 5.78. The first kappa shape index (κ1) is 121. The summed E-state index contributed by atoms with van der Waals surface area (Å²) in [6, 6.07) is 0. The van der Waals surface area contributed by atoms with Crippen LogP contribution in [0.2, 0.25) is 0 Å². The first-order chi connectivity index (χ1) is 66.4. The van der Waals surface area contributed by atoms with Crippen molar-refractivity contribution in [3.8, 4) is 0 Å². The highest BCUT2D eigenvalue weighted by atomic mass is 16.7. The Balaban J connectivity index is 0.000000493. The third-order valence-corrected chi connectivity index (χ3v) is 29.5. The van der Waals surface area contributed by atoms with Gasteiger partial charge >= 0.3 is 48.1 Å². The van der Waals surface area contributed by atoms with E-state index in [1.54, 1.807) is 0 Å². The number of nitrogens with zero attached hydrogens (tertiary/aromatic N) is 2. The van der Waals surface area contributed by atoms with Gasteiger partial charge in [-0.15, -0.1) is 0 Å².